The van der Waals surface area contributed by atoms with Crippen molar-refractivity contribution < 1.29 is 4.39 Å². The SMILES string of the molecule is Cn1cc2cc(I)cc(F)c2n1. The first-order valence-corrected chi connectivity index (χ1v) is 4.53. The van der Waals surface area contributed by atoms with Crippen LogP contribution in [0.3, 0.4) is 0 Å². The standard InChI is InChI=1S/C8H6FIN2/c1-12-4-5-2-6(10)3-7(9)8(5)11-12/h2-4H,1H3. The van der Waals surface area contributed by atoms with Crippen LogP contribution in [0.4, 0.5) is 4.39 Å². The number of hydrogen-bond acceptors (Lipinski definition) is 1. The first-order valence-electron chi connectivity index (χ1n) is 3.45. The molecule has 0 atom stereocenters. The Balaban J connectivity index is 2.88. The summed E-state index contributed by atoms with van der Waals surface area (Å²) in [5, 5.41) is 4.84. The lowest BCUT2D eigenvalue weighted by molar-refractivity contribution is 0.631. The van der Waals surface area contributed by atoms with E-state index in [0.717, 1.165) is 8.96 Å². The lowest BCUT2D eigenvalue weighted by atomic mass is 10.2. The molecule has 0 N–H and O–H groups in total. The summed E-state index contributed by atoms with van der Waals surface area (Å²) in [6.07, 6.45) is 1.81. The van der Waals surface area contributed by atoms with Crippen molar-refractivity contribution in [1.82, 2.24) is 9.78 Å². The summed E-state index contributed by atoms with van der Waals surface area (Å²) in [4.78, 5) is 0. The highest BCUT2D eigenvalue weighted by Crippen LogP contribution is 2.19. The first-order chi connectivity index (χ1) is 5.66. The number of aryl methyl sites for hydroxylation is 1. The molecule has 0 unspecified atom stereocenters. The van der Waals surface area contributed by atoms with Crippen LogP contribution >= 0.6 is 22.6 Å². The normalized spacial score (nSPS) is 10.9. The molecule has 0 aliphatic rings. The van der Waals surface area contributed by atoms with Crippen molar-refractivity contribution in [2.45, 2.75) is 0 Å². The van der Waals surface area contributed by atoms with Gasteiger partial charge >= 0.3 is 0 Å². The summed E-state index contributed by atoms with van der Waals surface area (Å²) < 4.78 is 15.7. The van der Waals surface area contributed by atoms with E-state index in [2.05, 4.69) is 27.7 Å². The van der Waals surface area contributed by atoms with Gasteiger partial charge in [0.2, 0.25) is 0 Å². The molecule has 2 rings (SSSR count). The van der Waals surface area contributed by atoms with Crippen molar-refractivity contribution >= 4 is 33.5 Å². The van der Waals surface area contributed by atoms with E-state index in [4.69, 9.17) is 0 Å². The van der Waals surface area contributed by atoms with Crippen LogP contribution < -0.4 is 0 Å². The molecule has 0 aliphatic carbocycles. The number of halogens is 2. The fourth-order valence-electron chi connectivity index (χ4n) is 1.18. The zero-order valence-electron chi connectivity index (χ0n) is 6.38. The van der Waals surface area contributed by atoms with Crippen LogP contribution in [-0.2, 0) is 7.05 Å². The van der Waals surface area contributed by atoms with Crippen molar-refractivity contribution in [3.05, 3.63) is 27.7 Å². The van der Waals surface area contributed by atoms with Gasteiger partial charge in [0.05, 0.1) is 0 Å². The van der Waals surface area contributed by atoms with Gasteiger partial charge in [-0.15, -0.1) is 0 Å². The molecule has 0 bridgehead atoms. The number of hydrogen-bond donors (Lipinski definition) is 0. The van der Waals surface area contributed by atoms with Crippen molar-refractivity contribution in [1.29, 1.82) is 0 Å². The topological polar surface area (TPSA) is 17.8 Å². The molecule has 2 nitrogen and oxygen atoms in total. The minimum absolute atomic E-state index is 0.252. The lowest BCUT2D eigenvalue weighted by Crippen LogP contribution is -1.86. The van der Waals surface area contributed by atoms with Gasteiger partial charge in [-0.25, -0.2) is 4.39 Å². The Bertz CT molecular complexity index is 436. The van der Waals surface area contributed by atoms with E-state index in [9.17, 15) is 4.39 Å². The maximum atomic E-state index is 13.2. The number of aromatic nitrogens is 2. The largest absolute Gasteiger partial charge is 0.274 e. The Morgan fingerprint density at radius 2 is 2.25 bits per heavy atom. The van der Waals surface area contributed by atoms with Gasteiger partial charge in [-0.05, 0) is 34.7 Å². The lowest BCUT2D eigenvalue weighted by Gasteiger charge is -1.91. The van der Waals surface area contributed by atoms with E-state index < -0.39 is 0 Å². The third-order valence-corrected chi connectivity index (χ3v) is 2.26. The van der Waals surface area contributed by atoms with Gasteiger partial charge in [-0.2, -0.15) is 5.10 Å². The average molecular weight is 276 g/mol. The number of benzene rings is 1. The second-order valence-electron chi connectivity index (χ2n) is 2.63. The second-order valence-corrected chi connectivity index (χ2v) is 3.87. The van der Waals surface area contributed by atoms with Gasteiger partial charge in [-0.1, -0.05) is 0 Å². The Hall–Kier alpha value is -0.650. The minimum Gasteiger partial charge on any atom is -0.274 e. The summed E-state index contributed by atoms with van der Waals surface area (Å²) in [7, 11) is 1.78. The Labute approximate surface area is 82.5 Å². The van der Waals surface area contributed by atoms with Gasteiger partial charge in [0.1, 0.15) is 5.52 Å². The molecule has 0 amide bonds. The molecule has 0 spiro atoms. The molecule has 4 heteroatoms. The van der Waals surface area contributed by atoms with Crippen molar-refractivity contribution in [3.8, 4) is 0 Å². The van der Waals surface area contributed by atoms with Gasteiger partial charge in [-0.3, -0.25) is 4.68 Å². The third-order valence-electron chi connectivity index (χ3n) is 1.64. The highest BCUT2D eigenvalue weighted by molar-refractivity contribution is 14.1. The molecule has 2 aromatic rings. The summed E-state index contributed by atoms with van der Waals surface area (Å²) in [5.74, 6) is -0.252. The summed E-state index contributed by atoms with van der Waals surface area (Å²) >= 11 is 2.09. The number of nitrogens with zero attached hydrogens (tertiary/aromatic N) is 2. The van der Waals surface area contributed by atoms with Crippen LogP contribution in [0, 0.1) is 9.39 Å². The van der Waals surface area contributed by atoms with Gasteiger partial charge in [0.15, 0.2) is 5.82 Å². The predicted molar refractivity (Wildman–Crippen MR) is 53.4 cm³/mol. The van der Waals surface area contributed by atoms with Crippen molar-refractivity contribution in [3.63, 3.8) is 0 Å². The quantitative estimate of drug-likeness (QED) is 0.675. The Kier molecular flexibility index (Phi) is 1.79. The van der Waals surface area contributed by atoms with Crippen LogP contribution in [0.15, 0.2) is 18.3 Å². The third kappa shape index (κ3) is 1.20. The molecule has 0 fully saturated rings. The maximum absolute atomic E-state index is 13.2. The van der Waals surface area contributed by atoms with Gasteiger partial charge < -0.3 is 0 Å². The van der Waals surface area contributed by atoms with E-state index in [-0.39, 0.29) is 5.82 Å². The predicted octanol–water partition coefficient (Wildman–Crippen LogP) is 2.32. The Morgan fingerprint density at radius 3 is 3.00 bits per heavy atom. The molecular weight excluding hydrogens is 270 g/mol. The van der Waals surface area contributed by atoms with E-state index in [1.165, 1.54) is 6.07 Å². The summed E-state index contributed by atoms with van der Waals surface area (Å²) in [6.45, 7) is 0. The van der Waals surface area contributed by atoms with Crippen LogP contribution in [0.25, 0.3) is 10.9 Å². The fourth-order valence-corrected chi connectivity index (χ4v) is 1.79. The highest BCUT2D eigenvalue weighted by Gasteiger charge is 2.05. The molecular formula is C8H6FIN2. The molecule has 1 heterocycles. The average Bonchev–Trinajstić information content (AvgIpc) is 2.29. The van der Waals surface area contributed by atoms with Crippen LogP contribution in [0.2, 0.25) is 0 Å². The van der Waals surface area contributed by atoms with Gasteiger partial charge in [0.25, 0.3) is 0 Å². The molecule has 1 aromatic carbocycles. The second kappa shape index (κ2) is 2.69. The molecule has 0 aliphatic heterocycles. The summed E-state index contributed by atoms with van der Waals surface area (Å²) in [5.41, 5.74) is 0.443. The van der Waals surface area contributed by atoms with E-state index in [1.54, 1.807) is 17.9 Å². The minimum atomic E-state index is -0.252. The van der Waals surface area contributed by atoms with E-state index in [1.807, 2.05) is 6.07 Å². The highest BCUT2D eigenvalue weighted by atomic mass is 127. The summed E-state index contributed by atoms with van der Waals surface area (Å²) in [6, 6.07) is 3.39. The van der Waals surface area contributed by atoms with E-state index in [0.29, 0.717) is 5.52 Å². The monoisotopic (exact) mass is 276 g/mol. The zero-order valence-corrected chi connectivity index (χ0v) is 8.54. The van der Waals surface area contributed by atoms with E-state index >= 15 is 0 Å². The van der Waals surface area contributed by atoms with Crippen LogP contribution in [0.1, 0.15) is 0 Å². The first kappa shape index (κ1) is 7.97. The molecule has 12 heavy (non-hydrogen) atoms. The number of rotatable bonds is 0. The molecule has 1 aromatic heterocycles. The molecule has 62 valence electrons. The smallest absolute Gasteiger partial charge is 0.152 e. The zero-order chi connectivity index (χ0) is 8.72. The Morgan fingerprint density at radius 1 is 1.50 bits per heavy atom. The maximum Gasteiger partial charge on any atom is 0.152 e. The molecule has 0 saturated heterocycles. The number of fused-ring (bicyclic) bond motifs is 1. The van der Waals surface area contributed by atoms with Crippen molar-refractivity contribution in [2.24, 2.45) is 7.05 Å². The van der Waals surface area contributed by atoms with Crippen LogP contribution in [0.5, 0.6) is 0 Å². The molecule has 0 radical (unpaired) electrons. The van der Waals surface area contributed by atoms with Crippen LogP contribution in [-0.4, -0.2) is 9.78 Å². The van der Waals surface area contributed by atoms with Crippen molar-refractivity contribution in [2.75, 3.05) is 0 Å². The molecule has 0 saturated carbocycles. The fraction of sp³-hybridized carbons (Fsp3) is 0.125. The van der Waals surface area contributed by atoms with Gasteiger partial charge in [0, 0.05) is 22.2 Å².